The zero-order chi connectivity index (χ0) is 22.3. The number of hydrogen-bond acceptors (Lipinski definition) is 2. The highest BCUT2D eigenvalue weighted by Gasteiger charge is 2.13. The van der Waals surface area contributed by atoms with E-state index in [9.17, 15) is 4.79 Å². The third-order valence-corrected chi connectivity index (χ3v) is 6.56. The minimum absolute atomic E-state index is 0.00775. The van der Waals surface area contributed by atoms with Crippen molar-refractivity contribution in [1.82, 2.24) is 4.90 Å². The molecule has 0 aliphatic carbocycles. The number of nitrogens with zero attached hydrogens (tertiary/aromatic N) is 1. The van der Waals surface area contributed by atoms with Crippen molar-refractivity contribution in [3.05, 3.63) is 87.9 Å². The Morgan fingerprint density at radius 1 is 0.844 bits per heavy atom. The molecule has 32 heavy (non-hydrogen) atoms. The van der Waals surface area contributed by atoms with Crippen molar-refractivity contribution in [2.24, 2.45) is 0 Å². The second-order valence-corrected chi connectivity index (χ2v) is 9.24. The second kappa shape index (κ2) is 11.0. The van der Waals surface area contributed by atoms with Crippen molar-refractivity contribution >= 4 is 34.8 Å². The monoisotopic (exact) mass is 466 g/mol. The van der Waals surface area contributed by atoms with Gasteiger partial charge < -0.3 is 5.32 Å². The first kappa shape index (κ1) is 22.8. The lowest BCUT2D eigenvalue weighted by Gasteiger charge is -2.26. The Morgan fingerprint density at radius 3 is 2.16 bits per heavy atom. The maximum atomic E-state index is 12.4. The molecule has 0 radical (unpaired) electrons. The Kier molecular flexibility index (Phi) is 7.85. The van der Waals surface area contributed by atoms with Gasteiger partial charge in [-0.1, -0.05) is 72.1 Å². The van der Waals surface area contributed by atoms with E-state index < -0.39 is 0 Å². The third-order valence-electron chi connectivity index (χ3n) is 5.95. The number of piperidine rings is 1. The lowest BCUT2D eigenvalue weighted by Crippen LogP contribution is -2.29. The maximum Gasteiger partial charge on any atom is 0.224 e. The third kappa shape index (κ3) is 6.35. The van der Waals surface area contributed by atoms with E-state index in [4.69, 9.17) is 23.2 Å². The molecule has 0 saturated carbocycles. The van der Waals surface area contributed by atoms with E-state index >= 15 is 0 Å². The molecule has 3 aromatic carbocycles. The number of rotatable bonds is 7. The summed E-state index contributed by atoms with van der Waals surface area (Å²) >= 11 is 12.5. The lowest BCUT2D eigenvalue weighted by molar-refractivity contribution is -0.116. The fourth-order valence-electron chi connectivity index (χ4n) is 4.10. The second-order valence-electron chi connectivity index (χ2n) is 8.39. The van der Waals surface area contributed by atoms with E-state index in [0.717, 1.165) is 52.6 Å². The smallest absolute Gasteiger partial charge is 0.224 e. The molecule has 1 saturated heterocycles. The average molecular weight is 467 g/mol. The van der Waals surface area contributed by atoms with Crippen LogP contribution in [0.5, 0.6) is 0 Å². The molecule has 0 aromatic heterocycles. The Balaban J connectivity index is 1.28. The number of carbonyl (C=O) groups is 1. The quantitative estimate of drug-likeness (QED) is 0.398. The zero-order valence-corrected chi connectivity index (χ0v) is 19.6. The number of aryl methyl sites for hydroxylation is 1. The van der Waals surface area contributed by atoms with Crippen LogP contribution in [0.25, 0.3) is 11.1 Å². The van der Waals surface area contributed by atoms with E-state index in [2.05, 4.69) is 34.5 Å². The van der Waals surface area contributed by atoms with E-state index in [1.54, 1.807) is 0 Å². The number of benzene rings is 3. The molecule has 1 fully saturated rings. The van der Waals surface area contributed by atoms with Crippen LogP contribution in [0, 0.1) is 0 Å². The Labute approximate surface area is 200 Å². The molecule has 0 spiro atoms. The lowest BCUT2D eigenvalue weighted by atomic mass is 10.0. The number of carbonyl (C=O) groups excluding carboxylic acids is 1. The van der Waals surface area contributed by atoms with Crippen LogP contribution in [0.15, 0.2) is 66.7 Å². The van der Waals surface area contributed by atoms with E-state index in [0.29, 0.717) is 17.9 Å². The first-order valence-electron chi connectivity index (χ1n) is 11.2. The Bertz CT molecular complexity index is 1040. The van der Waals surface area contributed by atoms with Crippen molar-refractivity contribution in [3.63, 3.8) is 0 Å². The summed E-state index contributed by atoms with van der Waals surface area (Å²) in [5.41, 5.74) is 5.26. The van der Waals surface area contributed by atoms with Gasteiger partial charge in [-0.25, -0.2) is 0 Å². The van der Waals surface area contributed by atoms with Gasteiger partial charge in [0, 0.05) is 28.7 Å². The van der Waals surface area contributed by atoms with Crippen LogP contribution in [0.1, 0.15) is 36.8 Å². The van der Waals surface area contributed by atoms with Gasteiger partial charge in [0.1, 0.15) is 0 Å². The predicted octanol–water partition coefficient (Wildman–Crippen LogP) is 7.22. The first-order valence-corrected chi connectivity index (χ1v) is 12.0. The molecule has 0 atom stereocenters. The molecule has 0 unspecified atom stereocenters. The standard InChI is InChI=1S/C27H28Cl2N2O/c28-24-12-9-22(10-13-24)21-7-4-20(5-8-21)6-15-27(32)30-25-14-11-23(26(29)18-25)19-31-16-2-1-3-17-31/h4-5,7-14,18H,1-3,6,15-17,19H2,(H,30,32). The first-order chi connectivity index (χ1) is 15.6. The van der Waals surface area contributed by atoms with Crippen molar-refractivity contribution in [2.75, 3.05) is 18.4 Å². The highest BCUT2D eigenvalue weighted by Crippen LogP contribution is 2.25. The molecule has 166 valence electrons. The zero-order valence-electron chi connectivity index (χ0n) is 18.1. The van der Waals surface area contributed by atoms with Crippen LogP contribution >= 0.6 is 23.2 Å². The van der Waals surface area contributed by atoms with Crippen LogP contribution in [-0.2, 0) is 17.8 Å². The minimum Gasteiger partial charge on any atom is -0.326 e. The molecule has 0 bridgehead atoms. The Hall–Kier alpha value is -2.33. The van der Waals surface area contributed by atoms with Gasteiger partial charge in [0.05, 0.1) is 0 Å². The highest BCUT2D eigenvalue weighted by molar-refractivity contribution is 6.31. The van der Waals surface area contributed by atoms with E-state index in [1.165, 1.54) is 19.3 Å². The summed E-state index contributed by atoms with van der Waals surface area (Å²) in [6.45, 7) is 3.14. The van der Waals surface area contributed by atoms with Gasteiger partial charge in [0.2, 0.25) is 5.91 Å². The summed E-state index contributed by atoms with van der Waals surface area (Å²) in [5, 5.41) is 4.42. The maximum absolute atomic E-state index is 12.4. The van der Waals surface area contributed by atoms with Crippen LogP contribution in [0.2, 0.25) is 10.0 Å². The average Bonchev–Trinajstić information content (AvgIpc) is 2.81. The minimum atomic E-state index is -0.00775. The van der Waals surface area contributed by atoms with Crippen molar-refractivity contribution in [2.45, 2.75) is 38.6 Å². The van der Waals surface area contributed by atoms with Crippen LogP contribution in [0.4, 0.5) is 5.69 Å². The van der Waals surface area contributed by atoms with Crippen molar-refractivity contribution in [1.29, 1.82) is 0 Å². The van der Waals surface area contributed by atoms with Gasteiger partial charge in [-0.05, 0) is 78.9 Å². The topological polar surface area (TPSA) is 32.3 Å². The van der Waals surface area contributed by atoms with Gasteiger partial charge in [0.15, 0.2) is 0 Å². The summed E-state index contributed by atoms with van der Waals surface area (Å²) < 4.78 is 0. The molecule has 1 amide bonds. The van der Waals surface area contributed by atoms with Crippen molar-refractivity contribution in [3.8, 4) is 11.1 Å². The van der Waals surface area contributed by atoms with Gasteiger partial charge in [-0.2, -0.15) is 0 Å². The molecule has 5 heteroatoms. The molecular weight excluding hydrogens is 439 g/mol. The van der Waals surface area contributed by atoms with E-state index in [-0.39, 0.29) is 5.91 Å². The number of anilines is 1. The molecule has 1 aliphatic rings. The predicted molar refractivity (Wildman–Crippen MR) is 134 cm³/mol. The molecule has 1 heterocycles. The molecule has 1 aliphatic heterocycles. The summed E-state index contributed by atoms with van der Waals surface area (Å²) in [7, 11) is 0. The molecule has 3 nitrogen and oxygen atoms in total. The number of likely N-dealkylation sites (tertiary alicyclic amines) is 1. The molecule has 4 rings (SSSR count). The number of halogens is 2. The van der Waals surface area contributed by atoms with Gasteiger partial charge in [-0.15, -0.1) is 0 Å². The van der Waals surface area contributed by atoms with Crippen LogP contribution in [-0.4, -0.2) is 23.9 Å². The highest BCUT2D eigenvalue weighted by atomic mass is 35.5. The van der Waals surface area contributed by atoms with Gasteiger partial charge in [-0.3, -0.25) is 9.69 Å². The van der Waals surface area contributed by atoms with Gasteiger partial charge >= 0.3 is 0 Å². The molecule has 1 N–H and O–H groups in total. The van der Waals surface area contributed by atoms with Crippen LogP contribution in [0.3, 0.4) is 0 Å². The fourth-order valence-corrected chi connectivity index (χ4v) is 4.47. The van der Waals surface area contributed by atoms with Crippen LogP contribution < -0.4 is 5.32 Å². The number of nitrogens with one attached hydrogen (secondary N) is 1. The number of hydrogen-bond donors (Lipinski definition) is 1. The summed E-state index contributed by atoms with van der Waals surface area (Å²) in [4.78, 5) is 14.9. The normalized spacial score (nSPS) is 14.3. The largest absolute Gasteiger partial charge is 0.326 e. The summed E-state index contributed by atoms with van der Waals surface area (Å²) in [6.07, 6.45) is 4.95. The fraction of sp³-hybridized carbons (Fsp3) is 0.296. The molecule has 3 aromatic rings. The van der Waals surface area contributed by atoms with Crippen molar-refractivity contribution < 1.29 is 4.79 Å². The molecular formula is C27H28Cl2N2O. The summed E-state index contributed by atoms with van der Waals surface area (Å²) in [5.74, 6) is -0.00775. The summed E-state index contributed by atoms with van der Waals surface area (Å²) in [6, 6.07) is 21.9. The number of amides is 1. The van der Waals surface area contributed by atoms with Gasteiger partial charge in [0.25, 0.3) is 0 Å². The Morgan fingerprint density at radius 2 is 1.50 bits per heavy atom. The SMILES string of the molecule is O=C(CCc1ccc(-c2ccc(Cl)cc2)cc1)Nc1ccc(CN2CCCCC2)c(Cl)c1. The van der Waals surface area contributed by atoms with E-state index in [1.807, 2.05) is 42.5 Å².